The summed E-state index contributed by atoms with van der Waals surface area (Å²) in [6.07, 6.45) is 0. The Bertz CT molecular complexity index is 306. The molecule has 0 bridgehead atoms. The highest BCUT2D eigenvalue weighted by atomic mass is 19.1. The van der Waals surface area contributed by atoms with Gasteiger partial charge in [-0.3, -0.25) is 0 Å². The Morgan fingerprint density at radius 1 is 1.21 bits per heavy atom. The van der Waals surface area contributed by atoms with Crippen LogP contribution in [0, 0.1) is 12.9 Å². The Morgan fingerprint density at radius 2 is 1.86 bits per heavy atom. The fourth-order valence-electron chi connectivity index (χ4n) is 1.77. The van der Waals surface area contributed by atoms with Crippen LogP contribution < -0.4 is 9.80 Å². The van der Waals surface area contributed by atoms with Gasteiger partial charge in [0.15, 0.2) is 0 Å². The van der Waals surface area contributed by atoms with E-state index in [2.05, 4.69) is 11.9 Å². The zero-order valence-electron chi connectivity index (χ0n) is 8.17. The molecule has 2 rings (SSSR count). The van der Waals surface area contributed by atoms with Crippen LogP contribution in [0.3, 0.4) is 0 Å². The standard InChI is InChI=1S/C11H15FN2/c1-13-6-8-14(9-7-13)11-5-3-2-4-10(11)12/h2-5,13H,1,6-9H2. The number of hydrogen-bond donors (Lipinski definition) is 1. The quantitative estimate of drug-likeness (QED) is 0.633. The highest BCUT2D eigenvalue weighted by Crippen LogP contribution is 2.17. The van der Waals surface area contributed by atoms with Crippen molar-refractivity contribution >= 4 is 5.69 Å². The predicted octanol–water partition coefficient (Wildman–Crippen LogP) is 0.322. The average molecular weight is 194 g/mol. The first kappa shape index (κ1) is 9.46. The SMILES string of the molecule is [CH2-][NH+]1CCN(c2ccccc2F)CC1. The van der Waals surface area contributed by atoms with Crippen molar-refractivity contribution in [1.29, 1.82) is 0 Å². The van der Waals surface area contributed by atoms with Crippen molar-refractivity contribution < 1.29 is 9.29 Å². The molecule has 14 heavy (non-hydrogen) atoms. The van der Waals surface area contributed by atoms with Crippen molar-refractivity contribution in [2.45, 2.75) is 0 Å². The fraction of sp³-hybridized carbons (Fsp3) is 0.364. The minimum atomic E-state index is -0.125. The van der Waals surface area contributed by atoms with Gasteiger partial charge >= 0.3 is 0 Å². The normalized spacial score (nSPS) is 18.6. The first-order chi connectivity index (χ1) is 6.77. The minimum absolute atomic E-state index is 0.125. The molecule has 1 fully saturated rings. The van der Waals surface area contributed by atoms with Gasteiger partial charge in [0, 0.05) is 0 Å². The van der Waals surface area contributed by atoms with Crippen molar-refractivity contribution in [3.8, 4) is 0 Å². The maximum absolute atomic E-state index is 13.4. The molecule has 0 spiro atoms. The van der Waals surface area contributed by atoms with Crippen molar-refractivity contribution in [2.75, 3.05) is 31.1 Å². The van der Waals surface area contributed by atoms with Crippen LogP contribution in [0.4, 0.5) is 10.1 Å². The predicted molar refractivity (Wildman–Crippen MR) is 54.7 cm³/mol. The molecule has 1 heterocycles. The molecule has 0 amide bonds. The van der Waals surface area contributed by atoms with E-state index >= 15 is 0 Å². The number of para-hydroxylation sites is 1. The van der Waals surface area contributed by atoms with Crippen LogP contribution in [0.5, 0.6) is 0 Å². The van der Waals surface area contributed by atoms with E-state index in [-0.39, 0.29) is 5.82 Å². The van der Waals surface area contributed by atoms with Crippen molar-refractivity contribution in [3.05, 3.63) is 37.1 Å². The van der Waals surface area contributed by atoms with Crippen LogP contribution in [0.15, 0.2) is 24.3 Å². The van der Waals surface area contributed by atoms with Gasteiger partial charge in [0.2, 0.25) is 0 Å². The van der Waals surface area contributed by atoms with Gasteiger partial charge < -0.3 is 9.80 Å². The topological polar surface area (TPSA) is 7.68 Å². The largest absolute Gasteiger partial charge is 0.465 e. The van der Waals surface area contributed by atoms with Crippen LogP contribution in [0.2, 0.25) is 0 Å². The molecule has 3 heteroatoms. The molecule has 0 aromatic heterocycles. The van der Waals surface area contributed by atoms with E-state index in [1.807, 2.05) is 12.1 Å². The zero-order chi connectivity index (χ0) is 9.97. The highest BCUT2D eigenvalue weighted by Gasteiger charge is 2.16. The second-order valence-electron chi connectivity index (χ2n) is 3.69. The first-order valence-corrected chi connectivity index (χ1v) is 4.93. The number of rotatable bonds is 1. The molecule has 1 N–H and O–H groups in total. The third kappa shape index (κ3) is 1.87. The molecule has 0 atom stereocenters. The Morgan fingerprint density at radius 3 is 2.50 bits per heavy atom. The van der Waals surface area contributed by atoms with E-state index < -0.39 is 0 Å². The minimum Gasteiger partial charge on any atom is -0.465 e. The number of nitrogens with one attached hydrogen (secondary N) is 1. The van der Waals surface area contributed by atoms with Gasteiger partial charge in [-0.05, 0) is 12.1 Å². The van der Waals surface area contributed by atoms with Gasteiger partial charge in [-0.15, -0.1) is 0 Å². The molecule has 0 saturated carbocycles. The number of piperazine rings is 1. The molecule has 76 valence electrons. The molecular formula is C11H15FN2. The Labute approximate surface area is 83.9 Å². The van der Waals surface area contributed by atoms with Crippen LogP contribution in [-0.4, -0.2) is 26.2 Å². The number of halogens is 1. The molecule has 0 radical (unpaired) electrons. The molecule has 1 aliphatic rings. The number of hydrogen-bond acceptors (Lipinski definition) is 1. The first-order valence-electron chi connectivity index (χ1n) is 4.93. The number of quaternary nitrogens is 1. The lowest BCUT2D eigenvalue weighted by molar-refractivity contribution is -0.854. The third-order valence-electron chi connectivity index (χ3n) is 2.66. The Balaban J connectivity index is 2.12. The van der Waals surface area contributed by atoms with Crippen LogP contribution in [0.25, 0.3) is 0 Å². The second-order valence-corrected chi connectivity index (χ2v) is 3.69. The van der Waals surface area contributed by atoms with Crippen molar-refractivity contribution in [1.82, 2.24) is 0 Å². The second kappa shape index (κ2) is 3.96. The summed E-state index contributed by atoms with van der Waals surface area (Å²) < 4.78 is 13.4. The molecule has 1 saturated heterocycles. The highest BCUT2D eigenvalue weighted by molar-refractivity contribution is 5.47. The van der Waals surface area contributed by atoms with Gasteiger partial charge in [0.05, 0.1) is 31.9 Å². The van der Waals surface area contributed by atoms with Crippen LogP contribution in [-0.2, 0) is 0 Å². The smallest absolute Gasteiger partial charge is 0.146 e. The van der Waals surface area contributed by atoms with E-state index in [1.54, 1.807) is 6.07 Å². The molecule has 2 nitrogen and oxygen atoms in total. The summed E-state index contributed by atoms with van der Waals surface area (Å²) >= 11 is 0. The molecule has 1 aliphatic heterocycles. The van der Waals surface area contributed by atoms with E-state index in [0.717, 1.165) is 31.9 Å². The van der Waals surface area contributed by atoms with E-state index in [1.165, 1.54) is 11.0 Å². The van der Waals surface area contributed by atoms with E-state index in [9.17, 15) is 4.39 Å². The van der Waals surface area contributed by atoms with Gasteiger partial charge in [0.25, 0.3) is 0 Å². The van der Waals surface area contributed by atoms with E-state index in [4.69, 9.17) is 0 Å². The van der Waals surface area contributed by atoms with Gasteiger partial charge in [-0.25, -0.2) is 4.39 Å². The van der Waals surface area contributed by atoms with Crippen LogP contribution >= 0.6 is 0 Å². The van der Waals surface area contributed by atoms with Crippen LogP contribution in [0.1, 0.15) is 0 Å². The summed E-state index contributed by atoms with van der Waals surface area (Å²) in [4.78, 5) is 3.36. The third-order valence-corrected chi connectivity index (χ3v) is 2.66. The number of benzene rings is 1. The summed E-state index contributed by atoms with van der Waals surface area (Å²) in [6.45, 7) is 3.74. The Hall–Kier alpha value is -1.09. The summed E-state index contributed by atoms with van der Waals surface area (Å²) in [5.41, 5.74) is 0.722. The van der Waals surface area contributed by atoms with Crippen molar-refractivity contribution in [3.63, 3.8) is 0 Å². The maximum Gasteiger partial charge on any atom is 0.146 e. The molecule has 1 aromatic carbocycles. The lowest BCUT2D eigenvalue weighted by atomic mass is 10.2. The summed E-state index contributed by atoms with van der Waals surface area (Å²) in [7, 11) is 3.94. The monoisotopic (exact) mass is 194 g/mol. The molecule has 0 unspecified atom stereocenters. The fourth-order valence-corrected chi connectivity index (χ4v) is 1.77. The lowest BCUT2D eigenvalue weighted by Gasteiger charge is -2.35. The van der Waals surface area contributed by atoms with E-state index in [0.29, 0.717) is 0 Å². The molecule has 1 aromatic rings. The van der Waals surface area contributed by atoms with Crippen molar-refractivity contribution in [2.24, 2.45) is 0 Å². The van der Waals surface area contributed by atoms with Gasteiger partial charge in [-0.2, -0.15) is 7.05 Å². The molecular weight excluding hydrogens is 179 g/mol. The average Bonchev–Trinajstić information content (AvgIpc) is 2.20. The van der Waals surface area contributed by atoms with Gasteiger partial charge in [0.1, 0.15) is 5.82 Å². The zero-order valence-corrected chi connectivity index (χ0v) is 8.17. The number of nitrogens with zero attached hydrogens (tertiary/aromatic N) is 1. The summed E-state index contributed by atoms with van der Waals surface area (Å²) in [6, 6.07) is 6.95. The lowest BCUT2D eigenvalue weighted by Crippen LogP contribution is -3.10. The molecule has 0 aliphatic carbocycles. The number of anilines is 1. The maximum atomic E-state index is 13.4. The summed E-state index contributed by atoms with van der Waals surface area (Å²) in [5, 5.41) is 0. The van der Waals surface area contributed by atoms with Gasteiger partial charge in [-0.1, -0.05) is 12.1 Å². The summed E-state index contributed by atoms with van der Waals surface area (Å²) in [5.74, 6) is -0.125. The Kier molecular flexibility index (Phi) is 2.68.